The molecule has 1 fully saturated rings. The summed E-state index contributed by atoms with van der Waals surface area (Å²) in [6, 6.07) is 19.7. The second kappa shape index (κ2) is 10.2. The van der Waals surface area contributed by atoms with Crippen molar-refractivity contribution in [3.63, 3.8) is 0 Å². The molecule has 2 aromatic carbocycles. The Bertz CT molecular complexity index is 787. The Kier molecular flexibility index (Phi) is 7.68. The zero-order valence-corrected chi connectivity index (χ0v) is 19.0. The van der Waals surface area contributed by atoms with Crippen LogP contribution < -0.4 is 5.32 Å². The number of amides is 1. The van der Waals surface area contributed by atoms with Crippen LogP contribution in [0.2, 0.25) is 0 Å². The zero-order valence-electron chi connectivity index (χ0n) is 19.0. The van der Waals surface area contributed by atoms with Crippen LogP contribution in [0.4, 0.5) is 0 Å². The quantitative estimate of drug-likeness (QED) is 0.747. The van der Waals surface area contributed by atoms with Gasteiger partial charge >= 0.3 is 0 Å². The topological polar surface area (TPSA) is 35.6 Å². The molecule has 0 saturated carbocycles. The fourth-order valence-electron chi connectivity index (χ4n) is 4.07. The van der Waals surface area contributed by atoms with E-state index in [2.05, 4.69) is 90.5 Å². The van der Waals surface area contributed by atoms with Crippen LogP contribution in [0.3, 0.4) is 0 Å². The lowest BCUT2D eigenvalue weighted by atomic mass is 9.87. The molecule has 162 valence electrons. The highest BCUT2D eigenvalue weighted by Gasteiger charge is 2.21. The van der Waals surface area contributed by atoms with E-state index < -0.39 is 0 Å². The molecule has 1 amide bonds. The van der Waals surface area contributed by atoms with Crippen LogP contribution in [-0.4, -0.2) is 48.4 Å². The fourth-order valence-corrected chi connectivity index (χ4v) is 4.07. The van der Waals surface area contributed by atoms with Gasteiger partial charge in [-0.25, -0.2) is 0 Å². The molecule has 0 radical (unpaired) electrons. The molecule has 0 spiro atoms. The number of rotatable bonds is 7. The normalized spacial score (nSPS) is 16.0. The van der Waals surface area contributed by atoms with Crippen molar-refractivity contribution in [2.45, 2.75) is 58.2 Å². The molecular formula is C26H37N3O. The van der Waals surface area contributed by atoms with Gasteiger partial charge in [0.05, 0.1) is 6.54 Å². The molecule has 2 aromatic rings. The number of carbonyl (C=O) groups is 1. The van der Waals surface area contributed by atoms with E-state index >= 15 is 0 Å². The van der Waals surface area contributed by atoms with Crippen molar-refractivity contribution >= 4 is 5.91 Å². The number of likely N-dealkylation sites (N-methyl/N-ethyl adjacent to an activating group) is 1. The molecule has 0 atom stereocenters. The number of piperidine rings is 1. The highest BCUT2D eigenvalue weighted by Crippen LogP contribution is 2.22. The number of benzene rings is 2. The molecule has 30 heavy (non-hydrogen) atoms. The molecule has 1 aliphatic heterocycles. The van der Waals surface area contributed by atoms with E-state index in [1.54, 1.807) is 0 Å². The van der Waals surface area contributed by atoms with E-state index in [0.717, 1.165) is 39.0 Å². The Balaban J connectivity index is 1.38. The number of hydrogen-bond acceptors (Lipinski definition) is 3. The van der Waals surface area contributed by atoms with Gasteiger partial charge in [0.15, 0.2) is 0 Å². The monoisotopic (exact) mass is 407 g/mol. The molecule has 0 aliphatic carbocycles. The van der Waals surface area contributed by atoms with Crippen molar-refractivity contribution in [2.75, 3.05) is 26.7 Å². The number of likely N-dealkylation sites (tertiary alicyclic amines) is 1. The average molecular weight is 408 g/mol. The smallest absolute Gasteiger partial charge is 0.234 e. The van der Waals surface area contributed by atoms with Crippen LogP contribution in [0.1, 0.15) is 50.3 Å². The van der Waals surface area contributed by atoms with Crippen LogP contribution in [0.15, 0.2) is 54.6 Å². The first-order chi connectivity index (χ1) is 14.3. The van der Waals surface area contributed by atoms with Crippen molar-refractivity contribution in [1.82, 2.24) is 15.1 Å². The standard InChI is InChI=1S/C26H37N3O/c1-26(2,3)23-12-10-22(11-13-23)18-28(4)20-25(30)27-24-14-16-29(17-15-24)19-21-8-6-5-7-9-21/h5-13,24H,14-20H2,1-4H3,(H,27,30). The van der Waals surface area contributed by atoms with Gasteiger partial charge in [-0.2, -0.15) is 0 Å². The second-order valence-corrected chi connectivity index (χ2v) is 9.72. The number of nitrogens with zero attached hydrogens (tertiary/aromatic N) is 2. The Morgan fingerprint density at radius 3 is 2.23 bits per heavy atom. The maximum Gasteiger partial charge on any atom is 0.234 e. The van der Waals surface area contributed by atoms with Crippen molar-refractivity contribution in [3.8, 4) is 0 Å². The maximum absolute atomic E-state index is 12.5. The summed E-state index contributed by atoms with van der Waals surface area (Å²) in [6.07, 6.45) is 2.05. The van der Waals surface area contributed by atoms with Gasteiger partial charge in [0, 0.05) is 32.2 Å². The average Bonchev–Trinajstić information content (AvgIpc) is 2.70. The Hall–Kier alpha value is -2.17. The van der Waals surface area contributed by atoms with E-state index in [4.69, 9.17) is 0 Å². The van der Waals surface area contributed by atoms with Crippen LogP contribution in [0, 0.1) is 0 Å². The predicted octanol–water partition coefficient (Wildman–Crippen LogP) is 4.20. The summed E-state index contributed by atoms with van der Waals surface area (Å²) < 4.78 is 0. The molecule has 1 N–H and O–H groups in total. The van der Waals surface area contributed by atoms with Gasteiger partial charge in [0.25, 0.3) is 0 Å². The molecule has 1 saturated heterocycles. The molecule has 1 aliphatic rings. The van der Waals surface area contributed by atoms with Gasteiger partial charge in [0.2, 0.25) is 5.91 Å². The summed E-state index contributed by atoms with van der Waals surface area (Å²) in [7, 11) is 2.01. The minimum Gasteiger partial charge on any atom is -0.352 e. The zero-order chi connectivity index (χ0) is 21.6. The van der Waals surface area contributed by atoms with Gasteiger partial charge < -0.3 is 5.32 Å². The first-order valence-corrected chi connectivity index (χ1v) is 11.1. The lowest BCUT2D eigenvalue weighted by molar-refractivity contribution is -0.123. The SMILES string of the molecule is CN(CC(=O)NC1CCN(Cc2ccccc2)CC1)Cc1ccc(C(C)(C)C)cc1. The number of carbonyl (C=O) groups excluding carboxylic acids is 1. The van der Waals surface area contributed by atoms with E-state index in [-0.39, 0.29) is 11.3 Å². The van der Waals surface area contributed by atoms with E-state index in [0.29, 0.717) is 12.6 Å². The number of nitrogens with one attached hydrogen (secondary N) is 1. The van der Waals surface area contributed by atoms with Crippen molar-refractivity contribution in [2.24, 2.45) is 0 Å². The summed E-state index contributed by atoms with van der Waals surface area (Å²) in [4.78, 5) is 17.1. The van der Waals surface area contributed by atoms with Gasteiger partial charge in [-0.1, -0.05) is 75.4 Å². The minimum atomic E-state index is 0.130. The summed E-state index contributed by atoms with van der Waals surface area (Å²) in [6.45, 7) is 11.0. The van der Waals surface area contributed by atoms with Crippen LogP contribution >= 0.6 is 0 Å². The van der Waals surface area contributed by atoms with E-state index in [1.807, 2.05) is 7.05 Å². The molecular weight excluding hydrogens is 370 g/mol. The lowest BCUT2D eigenvalue weighted by Crippen LogP contribution is -2.46. The molecule has 4 nitrogen and oxygen atoms in total. The number of hydrogen-bond donors (Lipinski definition) is 1. The van der Waals surface area contributed by atoms with Crippen molar-refractivity contribution < 1.29 is 4.79 Å². The second-order valence-electron chi connectivity index (χ2n) is 9.72. The highest BCUT2D eigenvalue weighted by atomic mass is 16.2. The molecule has 0 unspecified atom stereocenters. The highest BCUT2D eigenvalue weighted by molar-refractivity contribution is 5.78. The first-order valence-electron chi connectivity index (χ1n) is 11.1. The third-order valence-electron chi connectivity index (χ3n) is 5.89. The fraction of sp³-hybridized carbons (Fsp3) is 0.500. The van der Waals surface area contributed by atoms with Crippen LogP contribution in [0.5, 0.6) is 0 Å². The molecule has 3 rings (SSSR count). The van der Waals surface area contributed by atoms with Gasteiger partial charge in [-0.05, 0) is 42.0 Å². The lowest BCUT2D eigenvalue weighted by Gasteiger charge is -2.32. The third kappa shape index (κ3) is 6.96. The molecule has 4 heteroatoms. The van der Waals surface area contributed by atoms with Crippen molar-refractivity contribution in [1.29, 1.82) is 0 Å². The van der Waals surface area contributed by atoms with E-state index in [9.17, 15) is 4.79 Å². The van der Waals surface area contributed by atoms with Gasteiger partial charge in [-0.3, -0.25) is 14.6 Å². The van der Waals surface area contributed by atoms with Crippen LogP contribution in [0.25, 0.3) is 0 Å². The largest absolute Gasteiger partial charge is 0.352 e. The minimum absolute atomic E-state index is 0.130. The Morgan fingerprint density at radius 2 is 1.63 bits per heavy atom. The molecule has 1 heterocycles. The summed E-state index contributed by atoms with van der Waals surface area (Å²) in [5, 5.41) is 3.24. The summed E-state index contributed by atoms with van der Waals surface area (Å²) in [5.74, 6) is 0.130. The maximum atomic E-state index is 12.5. The summed E-state index contributed by atoms with van der Waals surface area (Å²) in [5.41, 5.74) is 4.11. The van der Waals surface area contributed by atoms with Gasteiger partial charge in [-0.15, -0.1) is 0 Å². The third-order valence-corrected chi connectivity index (χ3v) is 5.89. The van der Waals surface area contributed by atoms with E-state index in [1.165, 1.54) is 16.7 Å². The Labute approximate surface area is 182 Å². The van der Waals surface area contributed by atoms with Crippen LogP contribution in [-0.2, 0) is 23.3 Å². The van der Waals surface area contributed by atoms with Crippen molar-refractivity contribution in [3.05, 3.63) is 71.3 Å². The van der Waals surface area contributed by atoms with Gasteiger partial charge in [0.1, 0.15) is 0 Å². The molecule has 0 bridgehead atoms. The predicted molar refractivity (Wildman–Crippen MR) is 124 cm³/mol. The Morgan fingerprint density at radius 1 is 1.00 bits per heavy atom. The first kappa shape index (κ1) is 22.5. The summed E-state index contributed by atoms with van der Waals surface area (Å²) >= 11 is 0. The molecule has 0 aromatic heterocycles.